The molecule has 22 heavy (non-hydrogen) atoms. The highest BCUT2D eigenvalue weighted by Gasteiger charge is 2.32. The Morgan fingerprint density at radius 2 is 1.77 bits per heavy atom. The van der Waals surface area contributed by atoms with Gasteiger partial charge in [-0.2, -0.15) is 0 Å². The normalized spacial score (nSPS) is 21.0. The first kappa shape index (κ1) is 15.8. The summed E-state index contributed by atoms with van der Waals surface area (Å²) in [6, 6.07) is 7.43. The molecule has 1 N–H and O–H groups in total. The van der Waals surface area contributed by atoms with Crippen molar-refractivity contribution in [2.24, 2.45) is 0 Å². The van der Waals surface area contributed by atoms with Crippen molar-refractivity contribution in [3.63, 3.8) is 0 Å². The van der Waals surface area contributed by atoms with E-state index in [0.717, 1.165) is 32.0 Å². The molecule has 0 unspecified atom stereocenters. The summed E-state index contributed by atoms with van der Waals surface area (Å²) in [7, 11) is -3.44. The van der Waals surface area contributed by atoms with E-state index in [2.05, 4.69) is 9.62 Å². The van der Waals surface area contributed by atoms with Crippen LogP contribution < -0.4 is 9.46 Å². The third-order valence-corrected chi connectivity index (χ3v) is 5.90. The van der Waals surface area contributed by atoms with Crippen molar-refractivity contribution >= 4 is 10.0 Å². The Bertz CT molecular complexity index is 588. The Morgan fingerprint density at radius 3 is 2.32 bits per heavy atom. The molecule has 1 aromatic rings. The average Bonchev–Trinajstić information content (AvgIpc) is 3.33. The van der Waals surface area contributed by atoms with Gasteiger partial charge in [-0.1, -0.05) is 0 Å². The first-order chi connectivity index (χ1) is 10.6. The Labute approximate surface area is 132 Å². The molecule has 0 spiro atoms. The van der Waals surface area contributed by atoms with Crippen LogP contribution >= 0.6 is 0 Å². The fourth-order valence-electron chi connectivity index (χ4n) is 2.99. The Balaban J connectivity index is 1.58. The topological polar surface area (TPSA) is 58.6 Å². The van der Waals surface area contributed by atoms with Gasteiger partial charge in [-0.25, -0.2) is 13.1 Å². The number of hydrogen-bond acceptors (Lipinski definition) is 4. The van der Waals surface area contributed by atoms with Gasteiger partial charge in [-0.3, -0.25) is 0 Å². The minimum absolute atomic E-state index is 0.0477. The average molecular weight is 324 g/mol. The number of sulfonamides is 1. The lowest BCUT2D eigenvalue weighted by Crippen LogP contribution is -2.45. The minimum Gasteiger partial charge on any atom is -0.494 e. The van der Waals surface area contributed by atoms with E-state index in [0.29, 0.717) is 17.3 Å². The summed E-state index contributed by atoms with van der Waals surface area (Å²) in [5.74, 6) is 0.694. The molecule has 1 aromatic carbocycles. The summed E-state index contributed by atoms with van der Waals surface area (Å²) in [4.78, 5) is 2.79. The fraction of sp³-hybridized carbons (Fsp3) is 0.625. The zero-order valence-electron chi connectivity index (χ0n) is 13.0. The van der Waals surface area contributed by atoms with Gasteiger partial charge in [0.1, 0.15) is 5.75 Å². The smallest absolute Gasteiger partial charge is 0.240 e. The van der Waals surface area contributed by atoms with E-state index in [1.165, 1.54) is 12.8 Å². The maximum absolute atomic E-state index is 12.4. The van der Waals surface area contributed by atoms with Crippen molar-refractivity contribution < 1.29 is 13.2 Å². The summed E-state index contributed by atoms with van der Waals surface area (Å²) in [5.41, 5.74) is 0. The molecule has 2 aliphatic rings. The molecule has 3 rings (SSSR count). The van der Waals surface area contributed by atoms with Crippen LogP contribution in [-0.2, 0) is 10.0 Å². The second-order valence-corrected chi connectivity index (χ2v) is 7.78. The van der Waals surface area contributed by atoms with E-state index >= 15 is 0 Å². The van der Waals surface area contributed by atoms with Crippen LogP contribution in [0.25, 0.3) is 0 Å². The van der Waals surface area contributed by atoms with Crippen LogP contribution in [0.15, 0.2) is 29.2 Å². The van der Waals surface area contributed by atoms with Gasteiger partial charge in [0.05, 0.1) is 11.5 Å². The van der Waals surface area contributed by atoms with Crippen molar-refractivity contribution in [3.8, 4) is 5.75 Å². The Kier molecular flexibility index (Phi) is 4.70. The number of nitrogens with one attached hydrogen (secondary N) is 1. The van der Waals surface area contributed by atoms with Gasteiger partial charge in [0.2, 0.25) is 10.0 Å². The molecule has 6 heteroatoms. The lowest BCUT2D eigenvalue weighted by atomic mass is 10.1. The van der Waals surface area contributed by atoms with Crippen LogP contribution in [-0.4, -0.2) is 45.1 Å². The van der Waals surface area contributed by atoms with E-state index in [1.807, 2.05) is 6.92 Å². The number of rotatable bonds is 6. The predicted molar refractivity (Wildman–Crippen MR) is 85.5 cm³/mol. The molecule has 1 aliphatic carbocycles. The van der Waals surface area contributed by atoms with Crippen LogP contribution in [0.2, 0.25) is 0 Å². The summed E-state index contributed by atoms with van der Waals surface area (Å²) in [6.45, 7) is 4.48. The van der Waals surface area contributed by atoms with Crippen LogP contribution in [0.5, 0.6) is 5.75 Å². The number of benzene rings is 1. The molecule has 1 saturated heterocycles. The monoisotopic (exact) mass is 324 g/mol. The molecular formula is C16H24N2O3S. The molecule has 0 bridgehead atoms. The molecule has 0 radical (unpaired) electrons. The maximum Gasteiger partial charge on any atom is 0.240 e. The SMILES string of the molecule is CCOc1ccc(S(=O)(=O)NC2CCN(C3CC3)CC2)cc1. The molecule has 0 atom stereocenters. The van der Waals surface area contributed by atoms with E-state index in [-0.39, 0.29) is 6.04 Å². The zero-order chi connectivity index (χ0) is 15.6. The predicted octanol–water partition coefficient (Wildman–Crippen LogP) is 1.99. The lowest BCUT2D eigenvalue weighted by molar-refractivity contribution is 0.199. The van der Waals surface area contributed by atoms with Gasteiger partial charge in [-0.15, -0.1) is 0 Å². The van der Waals surface area contributed by atoms with Gasteiger partial charge in [-0.05, 0) is 70.0 Å². The number of piperidine rings is 1. The molecule has 0 amide bonds. The van der Waals surface area contributed by atoms with Crippen molar-refractivity contribution in [1.29, 1.82) is 0 Å². The second-order valence-electron chi connectivity index (χ2n) is 6.07. The zero-order valence-corrected chi connectivity index (χ0v) is 13.8. The van der Waals surface area contributed by atoms with Gasteiger partial charge < -0.3 is 9.64 Å². The molecule has 122 valence electrons. The fourth-order valence-corrected chi connectivity index (χ4v) is 4.30. The van der Waals surface area contributed by atoms with E-state index < -0.39 is 10.0 Å². The van der Waals surface area contributed by atoms with Crippen LogP contribution in [0.3, 0.4) is 0 Å². The Morgan fingerprint density at radius 1 is 1.14 bits per heavy atom. The van der Waals surface area contributed by atoms with Gasteiger partial charge in [0.25, 0.3) is 0 Å². The summed E-state index contributed by atoms with van der Waals surface area (Å²) >= 11 is 0. The summed E-state index contributed by atoms with van der Waals surface area (Å²) < 4.78 is 33.1. The molecular weight excluding hydrogens is 300 g/mol. The van der Waals surface area contributed by atoms with Crippen molar-refractivity contribution in [3.05, 3.63) is 24.3 Å². The Hall–Kier alpha value is -1.11. The van der Waals surface area contributed by atoms with Crippen LogP contribution in [0, 0.1) is 0 Å². The maximum atomic E-state index is 12.4. The quantitative estimate of drug-likeness (QED) is 0.869. The van der Waals surface area contributed by atoms with Crippen LogP contribution in [0.4, 0.5) is 0 Å². The van der Waals surface area contributed by atoms with E-state index in [9.17, 15) is 8.42 Å². The minimum atomic E-state index is -3.44. The molecule has 1 aliphatic heterocycles. The van der Waals surface area contributed by atoms with E-state index in [1.54, 1.807) is 24.3 Å². The third-order valence-electron chi connectivity index (χ3n) is 4.36. The summed E-state index contributed by atoms with van der Waals surface area (Å²) in [5, 5.41) is 0. The van der Waals surface area contributed by atoms with E-state index in [4.69, 9.17) is 4.74 Å². The number of hydrogen-bond donors (Lipinski definition) is 1. The van der Waals surface area contributed by atoms with Crippen molar-refractivity contribution in [1.82, 2.24) is 9.62 Å². The lowest BCUT2D eigenvalue weighted by Gasteiger charge is -2.32. The molecule has 5 nitrogen and oxygen atoms in total. The van der Waals surface area contributed by atoms with Crippen molar-refractivity contribution in [2.45, 2.75) is 49.6 Å². The molecule has 0 aromatic heterocycles. The van der Waals surface area contributed by atoms with Gasteiger partial charge >= 0.3 is 0 Å². The highest BCUT2D eigenvalue weighted by molar-refractivity contribution is 7.89. The number of ether oxygens (including phenoxy) is 1. The standard InChI is InChI=1S/C16H24N2O3S/c1-2-21-15-5-7-16(8-6-15)22(19,20)17-13-9-11-18(12-10-13)14-3-4-14/h5-8,13-14,17H,2-4,9-12H2,1H3. The van der Waals surface area contributed by atoms with Gasteiger partial charge in [0, 0.05) is 12.1 Å². The van der Waals surface area contributed by atoms with Crippen LogP contribution in [0.1, 0.15) is 32.6 Å². The summed E-state index contributed by atoms with van der Waals surface area (Å²) in [6.07, 6.45) is 4.41. The molecule has 1 saturated carbocycles. The molecule has 1 heterocycles. The first-order valence-corrected chi connectivity index (χ1v) is 9.56. The number of nitrogens with zero attached hydrogens (tertiary/aromatic N) is 1. The van der Waals surface area contributed by atoms with Crippen molar-refractivity contribution in [2.75, 3.05) is 19.7 Å². The largest absolute Gasteiger partial charge is 0.494 e. The molecule has 2 fully saturated rings. The highest BCUT2D eigenvalue weighted by atomic mass is 32.2. The second kappa shape index (κ2) is 6.56. The first-order valence-electron chi connectivity index (χ1n) is 8.08. The third kappa shape index (κ3) is 3.80. The highest BCUT2D eigenvalue weighted by Crippen LogP contribution is 2.29. The van der Waals surface area contributed by atoms with Gasteiger partial charge in [0.15, 0.2) is 0 Å². The number of likely N-dealkylation sites (tertiary alicyclic amines) is 1.